The Balaban J connectivity index is 1.86. The molecule has 3 amide bonds. The fourth-order valence-electron chi connectivity index (χ4n) is 2.13. The van der Waals surface area contributed by atoms with E-state index in [1.165, 1.54) is 0 Å². The molecule has 0 spiro atoms. The maximum absolute atomic E-state index is 12.0. The van der Waals surface area contributed by atoms with Crippen molar-refractivity contribution in [3.8, 4) is 0 Å². The summed E-state index contributed by atoms with van der Waals surface area (Å²) in [6, 6.07) is 11.6. The first kappa shape index (κ1) is 21.4. The van der Waals surface area contributed by atoms with E-state index in [1.807, 2.05) is 0 Å². The van der Waals surface area contributed by atoms with E-state index >= 15 is 0 Å². The summed E-state index contributed by atoms with van der Waals surface area (Å²) in [6.07, 6.45) is -0.0576. The largest absolute Gasteiger partial charge is 0.329 e. The van der Waals surface area contributed by atoms with Crippen LogP contribution in [0.25, 0.3) is 0 Å². The second-order valence-corrected chi connectivity index (χ2v) is 6.73. The molecule has 0 heterocycles. The molecule has 0 aliphatic rings. The van der Waals surface area contributed by atoms with Gasteiger partial charge in [0.15, 0.2) is 0 Å². The van der Waals surface area contributed by atoms with Gasteiger partial charge < -0.3 is 10.6 Å². The fraction of sp³-hybridized carbons (Fsp3) is 0.158. The van der Waals surface area contributed by atoms with Gasteiger partial charge in [0.05, 0.1) is 6.42 Å². The molecular formula is C19H18Cl2N4O3. The molecule has 9 heteroatoms. The van der Waals surface area contributed by atoms with Crippen molar-refractivity contribution in [2.45, 2.75) is 20.3 Å². The average Bonchev–Trinajstić information content (AvgIpc) is 2.65. The highest BCUT2D eigenvalue weighted by Crippen LogP contribution is 2.22. The van der Waals surface area contributed by atoms with E-state index in [-0.39, 0.29) is 12.3 Å². The lowest BCUT2D eigenvalue weighted by Crippen LogP contribution is -2.33. The molecule has 0 saturated heterocycles. The molecule has 146 valence electrons. The molecule has 0 unspecified atom stereocenters. The molecule has 0 saturated carbocycles. The van der Waals surface area contributed by atoms with Gasteiger partial charge in [0.1, 0.15) is 0 Å². The zero-order valence-corrected chi connectivity index (χ0v) is 16.7. The number of carbonyl (C=O) groups excluding carboxylic acids is 3. The Morgan fingerprint density at radius 2 is 1.64 bits per heavy atom. The number of hydrazone groups is 1. The van der Waals surface area contributed by atoms with Crippen LogP contribution in [-0.2, 0) is 14.4 Å². The highest BCUT2D eigenvalue weighted by Gasteiger charge is 2.15. The minimum atomic E-state index is -0.961. The van der Waals surface area contributed by atoms with Gasteiger partial charge in [0.25, 0.3) is 0 Å². The molecule has 7 nitrogen and oxygen atoms in total. The number of nitrogens with zero attached hydrogens (tertiary/aromatic N) is 1. The molecule has 0 bridgehead atoms. The van der Waals surface area contributed by atoms with Crippen molar-refractivity contribution in [3.05, 3.63) is 58.1 Å². The molecular weight excluding hydrogens is 403 g/mol. The molecule has 0 aromatic heterocycles. The Morgan fingerprint density at radius 3 is 2.32 bits per heavy atom. The van der Waals surface area contributed by atoms with E-state index in [2.05, 4.69) is 21.2 Å². The van der Waals surface area contributed by atoms with Crippen molar-refractivity contribution in [2.24, 2.45) is 5.10 Å². The van der Waals surface area contributed by atoms with E-state index in [0.717, 1.165) is 0 Å². The normalized spacial score (nSPS) is 10.9. The standard InChI is InChI=1S/C19H18Cl2N4O3/c1-11(10-17(26)22-14-8-6-13(20)7-9-14)24-25-19(28)18(27)23-16-5-3-4-15(21)12(16)2/h3-9H,10H2,1-2H3,(H,22,26)(H,23,27)(H,25,28)/b24-11-. The van der Waals surface area contributed by atoms with Gasteiger partial charge in [-0.1, -0.05) is 29.3 Å². The van der Waals surface area contributed by atoms with Crippen molar-refractivity contribution in [2.75, 3.05) is 10.6 Å². The number of halogens is 2. The molecule has 28 heavy (non-hydrogen) atoms. The third-order valence-corrected chi connectivity index (χ3v) is 4.28. The Morgan fingerprint density at radius 1 is 0.964 bits per heavy atom. The predicted molar refractivity (Wildman–Crippen MR) is 111 cm³/mol. The van der Waals surface area contributed by atoms with Crippen LogP contribution >= 0.6 is 23.2 Å². The number of anilines is 2. The minimum absolute atomic E-state index is 0.0576. The topological polar surface area (TPSA) is 99.7 Å². The SMILES string of the molecule is C/C(CC(=O)Nc1ccc(Cl)cc1)=N/NC(=O)C(=O)Nc1cccc(Cl)c1C. The predicted octanol–water partition coefficient (Wildman–Crippen LogP) is 3.76. The quantitative estimate of drug-likeness (QED) is 0.389. The fourth-order valence-corrected chi connectivity index (χ4v) is 2.43. The smallest absolute Gasteiger partial charge is 0.326 e. The van der Waals surface area contributed by atoms with Crippen LogP contribution in [0.2, 0.25) is 10.0 Å². The minimum Gasteiger partial charge on any atom is -0.326 e. The maximum Gasteiger partial charge on any atom is 0.329 e. The highest BCUT2D eigenvalue weighted by molar-refractivity contribution is 6.40. The monoisotopic (exact) mass is 420 g/mol. The summed E-state index contributed by atoms with van der Waals surface area (Å²) in [7, 11) is 0. The first-order chi connectivity index (χ1) is 13.3. The van der Waals surface area contributed by atoms with Gasteiger partial charge in [-0.05, 0) is 55.8 Å². The van der Waals surface area contributed by atoms with Crippen LogP contribution < -0.4 is 16.1 Å². The highest BCUT2D eigenvalue weighted by atomic mass is 35.5. The summed E-state index contributed by atoms with van der Waals surface area (Å²) in [5.74, 6) is -2.18. The molecule has 2 aromatic rings. The van der Waals surface area contributed by atoms with Crippen LogP contribution in [0.5, 0.6) is 0 Å². The second kappa shape index (κ2) is 9.87. The van der Waals surface area contributed by atoms with Crippen molar-refractivity contribution in [1.82, 2.24) is 5.43 Å². The zero-order chi connectivity index (χ0) is 20.7. The molecule has 0 aliphatic heterocycles. The Hall–Kier alpha value is -2.90. The summed E-state index contributed by atoms with van der Waals surface area (Å²) in [4.78, 5) is 35.8. The van der Waals surface area contributed by atoms with Crippen molar-refractivity contribution in [3.63, 3.8) is 0 Å². The van der Waals surface area contributed by atoms with E-state index in [9.17, 15) is 14.4 Å². The van der Waals surface area contributed by atoms with Gasteiger partial charge in [-0.25, -0.2) is 5.43 Å². The number of carbonyl (C=O) groups is 3. The summed E-state index contributed by atoms with van der Waals surface area (Å²) in [5, 5.41) is 9.93. The van der Waals surface area contributed by atoms with Crippen LogP contribution in [0.1, 0.15) is 18.9 Å². The van der Waals surface area contributed by atoms with Crippen molar-refractivity contribution >= 4 is 58.0 Å². The zero-order valence-electron chi connectivity index (χ0n) is 15.2. The van der Waals surface area contributed by atoms with E-state index in [4.69, 9.17) is 23.2 Å². The summed E-state index contributed by atoms with van der Waals surface area (Å²) >= 11 is 11.8. The summed E-state index contributed by atoms with van der Waals surface area (Å²) in [5.41, 5.74) is 4.10. The third-order valence-electron chi connectivity index (χ3n) is 3.61. The number of hydrogen-bond donors (Lipinski definition) is 3. The van der Waals surface area contributed by atoms with E-state index in [0.29, 0.717) is 32.7 Å². The van der Waals surface area contributed by atoms with Crippen LogP contribution in [0.3, 0.4) is 0 Å². The van der Waals surface area contributed by atoms with Gasteiger partial charge in [-0.3, -0.25) is 14.4 Å². The summed E-state index contributed by atoms with van der Waals surface area (Å²) in [6.45, 7) is 3.28. The van der Waals surface area contributed by atoms with Crippen molar-refractivity contribution in [1.29, 1.82) is 0 Å². The van der Waals surface area contributed by atoms with Crippen LogP contribution in [0.15, 0.2) is 47.6 Å². The molecule has 0 fully saturated rings. The molecule has 0 aliphatic carbocycles. The lowest BCUT2D eigenvalue weighted by molar-refractivity contribution is -0.136. The maximum atomic E-state index is 12.0. The van der Waals surface area contributed by atoms with E-state index in [1.54, 1.807) is 56.3 Å². The Kier molecular flexibility index (Phi) is 7.54. The number of benzene rings is 2. The van der Waals surface area contributed by atoms with Crippen LogP contribution in [0.4, 0.5) is 11.4 Å². The van der Waals surface area contributed by atoms with Gasteiger partial charge >= 0.3 is 11.8 Å². The summed E-state index contributed by atoms with van der Waals surface area (Å²) < 4.78 is 0. The third kappa shape index (κ3) is 6.37. The molecule has 0 radical (unpaired) electrons. The Labute approximate surface area is 172 Å². The lowest BCUT2D eigenvalue weighted by atomic mass is 10.2. The van der Waals surface area contributed by atoms with E-state index < -0.39 is 11.8 Å². The first-order valence-electron chi connectivity index (χ1n) is 8.21. The number of nitrogens with one attached hydrogen (secondary N) is 3. The van der Waals surface area contributed by atoms with Gasteiger partial charge in [-0.15, -0.1) is 0 Å². The Bertz CT molecular complexity index is 927. The van der Waals surface area contributed by atoms with Crippen LogP contribution in [-0.4, -0.2) is 23.4 Å². The lowest BCUT2D eigenvalue weighted by Gasteiger charge is -2.09. The molecule has 2 rings (SSSR count). The van der Waals surface area contributed by atoms with Gasteiger partial charge in [0, 0.05) is 27.1 Å². The van der Waals surface area contributed by atoms with Gasteiger partial charge in [0.2, 0.25) is 5.91 Å². The first-order valence-corrected chi connectivity index (χ1v) is 8.97. The second-order valence-electron chi connectivity index (χ2n) is 5.89. The number of rotatable bonds is 5. The molecule has 0 atom stereocenters. The number of amides is 3. The number of hydrogen-bond acceptors (Lipinski definition) is 4. The van der Waals surface area contributed by atoms with Crippen molar-refractivity contribution < 1.29 is 14.4 Å². The average molecular weight is 421 g/mol. The van der Waals surface area contributed by atoms with Crippen LogP contribution in [0, 0.1) is 6.92 Å². The van der Waals surface area contributed by atoms with Gasteiger partial charge in [-0.2, -0.15) is 5.10 Å². The molecule has 3 N–H and O–H groups in total. The molecule has 2 aromatic carbocycles.